The summed E-state index contributed by atoms with van der Waals surface area (Å²) in [6.45, 7) is 2.25. The monoisotopic (exact) mass is 321 g/mol. The molecule has 2 fully saturated rings. The van der Waals surface area contributed by atoms with Crippen molar-refractivity contribution in [3.63, 3.8) is 0 Å². The van der Waals surface area contributed by atoms with Crippen LogP contribution in [-0.4, -0.2) is 29.1 Å². The molecule has 0 spiro atoms. The summed E-state index contributed by atoms with van der Waals surface area (Å²) >= 11 is 0. The first kappa shape index (κ1) is 14.2. The summed E-state index contributed by atoms with van der Waals surface area (Å²) in [5.74, 6) is 3.22. The van der Waals surface area contributed by atoms with Crippen molar-refractivity contribution < 1.29 is 0 Å². The smallest absolute Gasteiger partial charge is 0.222 e. The van der Waals surface area contributed by atoms with E-state index in [9.17, 15) is 0 Å². The highest BCUT2D eigenvalue weighted by Crippen LogP contribution is 2.45. The van der Waals surface area contributed by atoms with Gasteiger partial charge in [-0.1, -0.05) is 30.3 Å². The van der Waals surface area contributed by atoms with Crippen LogP contribution in [0.2, 0.25) is 0 Å². The normalized spacial score (nSPS) is 30.5. The van der Waals surface area contributed by atoms with E-state index >= 15 is 0 Å². The van der Waals surface area contributed by atoms with Crippen LogP contribution in [0.3, 0.4) is 0 Å². The Kier molecular flexibility index (Phi) is 3.23. The number of hydrogen-bond donors (Lipinski definition) is 3. The molecule has 5 heteroatoms. The molecule has 5 rings (SSSR count). The molecule has 24 heavy (non-hydrogen) atoms. The van der Waals surface area contributed by atoms with Gasteiger partial charge in [0.05, 0.1) is 5.69 Å². The fourth-order valence-corrected chi connectivity index (χ4v) is 4.59. The number of hydrogen-bond acceptors (Lipinski definition) is 5. The van der Waals surface area contributed by atoms with E-state index in [4.69, 9.17) is 5.73 Å². The number of nitrogens with two attached hydrogens (primary N) is 1. The van der Waals surface area contributed by atoms with Gasteiger partial charge in [0.1, 0.15) is 5.82 Å². The van der Waals surface area contributed by atoms with Gasteiger partial charge in [0, 0.05) is 30.6 Å². The summed E-state index contributed by atoms with van der Waals surface area (Å²) in [6, 6.07) is 11.2. The van der Waals surface area contributed by atoms with Gasteiger partial charge in [0.2, 0.25) is 5.95 Å². The highest BCUT2D eigenvalue weighted by molar-refractivity contribution is 5.55. The Balaban J connectivity index is 1.50. The maximum absolute atomic E-state index is 6.06. The molecule has 1 saturated heterocycles. The number of benzene rings is 1. The minimum Gasteiger partial charge on any atom is -0.368 e. The quantitative estimate of drug-likeness (QED) is 0.808. The molecule has 1 aliphatic heterocycles. The predicted octanol–water partition coefficient (Wildman–Crippen LogP) is 2.16. The Morgan fingerprint density at radius 1 is 1.08 bits per heavy atom. The standard InChI is InChI=1S/C19H23N5/c20-19-23-16-12(11-5-2-1-3-6-11)7-4-8-13(16)18(24-19)22-17-14-9-21-10-15(14)17/h1-3,5-6,12,14-15,17,21H,4,7-10H2,(H3,20,22,23,24)/t12?,14-,15+,17?. The highest BCUT2D eigenvalue weighted by atomic mass is 15.2. The third kappa shape index (κ3) is 2.26. The number of nitrogens with zero attached hydrogens (tertiary/aromatic N) is 2. The lowest BCUT2D eigenvalue weighted by molar-refractivity contribution is 0.596. The van der Waals surface area contributed by atoms with Gasteiger partial charge in [-0.2, -0.15) is 4.98 Å². The average molecular weight is 321 g/mol. The summed E-state index contributed by atoms with van der Waals surface area (Å²) in [4.78, 5) is 9.20. The van der Waals surface area contributed by atoms with Crippen LogP contribution in [0, 0.1) is 11.8 Å². The maximum Gasteiger partial charge on any atom is 0.222 e. The number of rotatable bonds is 3. The highest BCUT2D eigenvalue weighted by Gasteiger charge is 2.53. The zero-order valence-electron chi connectivity index (χ0n) is 13.7. The molecule has 1 aromatic carbocycles. The molecule has 124 valence electrons. The summed E-state index contributed by atoms with van der Waals surface area (Å²) < 4.78 is 0. The van der Waals surface area contributed by atoms with Gasteiger partial charge in [0.25, 0.3) is 0 Å². The van der Waals surface area contributed by atoms with Gasteiger partial charge >= 0.3 is 0 Å². The molecule has 0 bridgehead atoms. The fraction of sp³-hybridized carbons (Fsp3) is 0.474. The van der Waals surface area contributed by atoms with E-state index in [1.54, 1.807) is 0 Å². The third-order valence-electron chi connectivity index (χ3n) is 5.90. The zero-order valence-corrected chi connectivity index (χ0v) is 13.7. The molecule has 2 aliphatic carbocycles. The summed E-state index contributed by atoms with van der Waals surface area (Å²) in [5.41, 5.74) is 9.80. The number of fused-ring (bicyclic) bond motifs is 2. The van der Waals surface area contributed by atoms with Crippen LogP contribution in [0.1, 0.15) is 35.6 Å². The first-order valence-electron chi connectivity index (χ1n) is 9.00. The van der Waals surface area contributed by atoms with Gasteiger partial charge < -0.3 is 16.4 Å². The number of aromatic nitrogens is 2. The molecule has 2 heterocycles. The topological polar surface area (TPSA) is 75.9 Å². The molecule has 5 nitrogen and oxygen atoms in total. The molecule has 1 saturated carbocycles. The lowest BCUT2D eigenvalue weighted by atomic mass is 9.82. The maximum atomic E-state index is 6.06. The predicted molar refractivity (Wildman–Crippen MR) is 94.9 cm³/mol. The van der Waals surface area contributed by atoms with Crippen LogP contribution < -0.4 is 16.4 Å². The molecule has 3 aliphatic rings. The van der Waals surface area contributed by atoms with Crippen molar-refractivity contribution in [2.75, 3.05) is 24.1 Å². The Labute approximate surface area is 142 Å². The average Bonchev–Trinajstić information content (AvgIpc) is 3.03. The van der Waals surface area contributed by atoms with Crippen molar-refractivity contribution in [2.24, 2.45) is 11.8 Å². The second-order valence-electron chi connectivity index (χ2n) is 7.31. The van der Waals surface area contributed by atoms with Crippen molar-refractivity contribution in [1.29, 1.82) is 0 Å². The largest absolute Gasteiger partial charge is 0.368 e. The summed E-state index contributed by atoms with van der Waals surface area (Å²) in [7, 11) is 0. The van der Waals surface area contributed by atoms with E-state index in [2.05, 4.69) is 50.9 Å². The van der Waals surface area contributed by atoms with Gasteiger partial charge in [-0.05, 0) is 36.7 Å². The van der Waals surface area contributed by atoms with E-state index in [1.807, 2.05) is 0 Å². The SMILES string of the molecule is Nc1nc(NC2[C@H]3CNC[C@@H]23)c2c(n1)C(c1ccccc1)CCC2. The summed E-state index contributed by atoms with van der Waals surface area (Å²) in [5, 5.41) is 7.13. The van der Waals surface area contributed by atoms with Crippen molar-refractivity contribution in [3.05, 3.63) is 47.2 Å². The zero-order chi connectivity index (χ0) is 16.1. The minimum atomic E-state index is 0.334. The van der Waals surface area contributed by atoms with Crippen LogP contribution in [-0.2, 0) is 6.42 Å². The first-order valence-corrected chi connectivity index (χ1v) is 9.00. The van der Waals surface area contributed by atoms with E-state index in [0.717, 1.165) is 49.3 Å². The van der Waals surface area contributed by atoms with Crippen LogP contribution in [0.4, 0.5) is 11.8 Å². The molecule has 2 aromatic rings. The van der Waals surface area contributed by atoms with E-state index < -0.39 is 0 Å². The van der Waals surface area contributed by atoms with Gasteiger partial charge in [-0.15, -0.1) is 0 Å². The van der Waals surface area contributed by atoms with E-state index in [0.29, 0.717) is 17.9 Å². The Bertz CT molecular complexity index is 750. The lowest BCUT2D eigenvalue weighted by Gasteiger charge is -2.27. The number of nitrogens with one attached hydrogen (secondary N) is 2. The van der Waals surface area contributed by atoms with Crippen LogP contribution in [0.5, 0.6) is 0 Å². The van der Waals surface area contributed by atoms with Crippen LogP contribution in [0.25, 0.3) is 0 Å². The second-order valence-corrected chi connectivity index (χ2v) is 7.31. The third-order valence-corrected chi connectivity index (χ3v) is 5.90. The lowest BCUT2D eigenvalue weighted by Crippen LogP contribution is -2.24. The van der Waals surface area contributed by atoms with Gasteiger partial charge in [-0.25, -0.2) is 4.98 Å². The van der Waals surface area contributed by atoms with Crippen molar-refractivity contribution in [3.8, 4) is 0 Å². The molecule has 4 N–H and O–H groups in total. The fourth-order valence-electron chi connectivity index (χ4n) is 4.59. The van der Waals surface area contributed by atoms with Crippen molar-refractivity contribution in [1.82, 2.24) is 15.3 Å². The molecule has 4 atom stereocenters. The number of piperidine rings is 1. The second kappa shape index (κ2) is 5.45. The van der Waals surface area contributed by atoms with E-state index in [1.165, 1.54) is 17.5 Å². The Morgan fingerprint density at radius 3 is 2.67 bits per heavy atom. The molecule has 2 unspecified atom stereocenters. The van der Waals surface area contributed by atoms with Crippen molar-refractivity contribution in [2.45, 2.75) is 31.2 Å². The molecule has 1 aromatic heterocycles. The minimum absolute atomic E-state index is 0.334. The van der Waals surface area contributed by atoms with E-state index in [-0.39, 0.29) is 0 Å². The number of nitrogen functional groups attached to an aromatic ring is 1. The molecule has 0 amide bonds. The first-order chi connectivity index (χ1) is 11.8. The van der Waals surface area contributed by atoms with Crippen LogP contribution >= 0.6 is 0 Å². The Hall–Kier alpha value is -2.14. The summed E-state index contributed by atoms with van der Waals surface area (Å²) in [6.07, 6.45) is 3.35. The van der Waals surface area contributed by atoms with Gasteiger partial charge in [-0.3, -0.25) is 0 Å². The molecule has 0 radical (unpaired) electrons. The van der Waals surface area contributed by atoms with Gasteiger partial charge in [0.15, 0.2) is 0 Å². The molecular weight excluding hydrogens is 298 g/mol. The Morgan fingerprint density at radius 2 is 1.88 bits per heavy atom. The molecular formula is C19H23N5. The number of anilines is 2. The van der Waals surface area contributed by atoms with Crippen molar-refractivity contribution >= 4 is 11.8 Å². The van der Waals surface area contributed by atoms with Crippen LogP contribution in [0.15, 0.2) is 30.3 Å².